The van der Waals surface area contributed by atoms with Crippen LogP contribution in [0.5, 0.6) is 0 Å². The van der Waals surface area contributed by atoms with E-state index in [-0.39, 0.29) is 5.56 Å². The summed E-state index contributed by atoms with van der Waals surface area (Å²) in [5.74, 6) is -0.601. The lowest BCUT2D eigenvalue weighted by Crippen LogP contribution is -2.33. The van der Waals surface area contributed by atoms with Gasteiger partial charge in [0.25, 0.3) is 5.91 Å². The quantitative estimate of drug-likeness (QED) is 0.330. The zero-order valence-electron chi connectivity index (χ0n) is 20.8. The van der Waals surface area contributed by atoms with Crippen LogP contribution in [0.2, 0.25) is 0 Å². The molecule has 5 nitrogen and oxygen atoms in total. The highest BCUT2D eigenvalue weighted by molar-refractivity contribution is 7.86. The Morgan fingerprint density at radius 3 is 2.61 bits per heavy atom. The van der Waals surface area contributed by atoms with Gasteiger partial charge in [-0.1, -0.05) is 44.2 Å². The van der Waals surface area contributed by atoms with Crippen molar-refractivity contribution in [3.63, 3.8) is 0 Å². The van der Waals surface area contributed by atoms with Crippen molar-refractivity contribution in [2.24, 2.45) is 0 Å². The number of nitrogens with one attached hydrogen (secondary N) is 1. The standard InChI is InChI=1S/C27H24FN3O2S.C2H6/c1-18-8-9-20(16-24(18)26-22-7-3-2-6-19(22)12-13-29-26)30-27(32)23-11-10-21(17-25(23)28)31-14-4-5-15-34(31)33;1-2/h2-3,6-13,16-17H,4-5,14-15H2,1H3,(H,30,32);1-2H3. The Hall–Kier alpha value is -3.58. The van der Waals surface area contributed by atoms with Gasteiger partial charge in [0.15, 0.2) is 0 Å². The Balaban J connectivity index is 0.00000148. The number of halogens is 1. The van der Waals surface area contributed by atoms with Crippen LogP contribution in [0.1, 0.15) is 42.6 Å². The van der Waals surface area contributed by atoms with Crippen molar-refractivity contribution in [3.8, 4) is 11.3 Å². The monoisotopic (exact) mass is 503 g/mol. The summed E-state index contributed by atoms with van der Waals surface area (Å²) in [5.41, 5.74) is 3.78. The molecule has 0 radical (unpaired) electrons. The molecular weight excluding hydrogens is 473 g/mol. The smallest absolute Gasteiger partial charge is 0.258 e. The number of aryl methyl sites for hydroxylation is 1. The molecule has 1 unspecified atom stereocenters. The molecule has 1 N–H and O–H groups in total. The number of carbonyl (C=O) groups is 1. The van der Waals surface area contributed by atoms with Crippen molar-refractivity contribution in [1.82, 2.24) is 4.98 Å². The first-order valence-corrected chi connectivity index (χ1v) is 13.5. The van der Waals surface area contributed by atoms with E-state index in [4.69, 9.17) is 0 Å². The Bertz CT molecular complexity index is 1420. The molecule has 36 heavy (non-hydrogen) atoms. The molecule has 1 atom stereocenters. The minimum atomic E-state index is -1.16. The van der Waals surface area contributed by atoms with Crippen LogP contribution in [0.25, 0.3) is 22.0 Å². The minimum Gasteiger partial charge on any atom is -0.322 e. The van der Waals surface area contributed by atoms with Crippen LogP contribution in [0.15, 0.2) is 72.9 Å². The van der Waals surface area contributed by atoms with Crippen LogP contribution in [-0.4, -0.2) is 27.4 Å². The van der Waals surface area contributed by atoms with Crippen LogP contribution >= 0.6 is 0 Å². The highest BCUT2D eigenvalue weighted by Gasteiger charge is 2.21. The number of aromatic nitrogens is 1. The first-order chi connectivity index (χ1) is 17.5. The maximum atomic E-state index is 14.9. The predicted molar refractivity (Wildman–Crippen MR) is 147 cm³/mol. The maximum absolute atomic E-state index is 14.9. The van der Waals surface area contributed by atoms with E-state index in [2.05, 4.69) is 10.3 Å². The Morgan fingerprint density at radius 2 is 1.83 bits per heavy atom. The van der Waals surface area contributed by atoms with Crippen LogP contribution in [0.4, 0.5) is 15.8 Å². The van der Waals surface area contributed by atoms with Gasteiger partial charge in [-0.3, -0.25) is 14.1 Å². The number of hydrogen-bond donors (Lipinski definition) is 1. The van der Waals surface area contributed by atoms with Gasteiger partial charge in [0.1, 0.15) is 16.8 Å². The average Bonchev–Trinajstić information content (AvgIpc) is 2.91. The summed E-state index contributed by atoms with van der Waals surface area (Å²) >= 11 is 0. The second kappa shape index (κ2) is 11.4. The molecule has 1 aliphatic rings. The number of hydrogen-bond acceptors (Lipinski definition) is 3. The number of carbonyl (C=O) groups excluding carboxylic acids is 1. The number of anilines is 2. The van der Waals surface area contributed by atoms with Gasteiger partial charge in [-0.2, -0.15) is 0 Å². The zero-order valence-corrected chi connectivity index (χ0v) is 21.6. The number of pyridine rings is 1. The summed E-state index contributed by atoms with van der Waals surface area (Å²) in [6, 6.07) is 20.0. The second-order valence-electron chi connectivity index (χ2n) is 8.36. The average molecular weight is 504 g/mol. The summed E-state index contributed by atoms with van der Waals surface area (Å²) in [6.45, 7) is 6.61. The molecule has 0 bridgehead atoms. The molecule has 0 spiro atoms. The molecule has 0 saturated carbocycles. The van der Waals surface area contributed by atoms with E-state index in [0.717, 1.165) is 40.4 Å². The molecule has 0 aliphatic carbocycles. The SMILES string of the molecule is CC.Cc1ccc(NC(=O)c2ccc(N3CCCCS3=O)cc2F)cc1-c1nccc2ccccc12. The topological polar surface area (TPSA) is 62.3 Å². The fourth-order valence-electron chi connectivity index (χ4n) is 4.27. The van der Waals surface area contributed by atoms with Crippen molar-refractivity contribution >= 4 is 39.0 Å². The van der Waals surface area contributed by atoms with Crippen molar-refractivity contribution in [2.45, 2.75) is 33.6 Å². The molecule has 4 aromatic rings. The minimum absolute atomic E-state index is 0.0584. The summed E-state index contributed by atoms with van der Waals surface area (Å²) in [6.07, 6.45) is 3.59. The molecule has 2 heterocycles. The molecule has 3 aromatic carbocycles. The van der Waals surface area contributed by atoms with Crippen molar-refractivity contribution in [1.29, 1.82) is 0 Å². The summed E-state index contributed by atoms with van der Waals surface area (Å²) in [4.78, 5) is 17.5. The molecule has 1 saturated heterocycles. The second-order valence-corrected chi connectivity index (χ2v) is 9.86. The largest absolute Gasteiger partial charge is 0.322 e. The number of fused-ring (bicyclic) bond motifs is 1. The van der Waals surface area contributed by atoms with Crippen LogP contribution in [0.3, 0.4) is 0 Å². The van der Waals surface area contributed by atoms with Crippen molar-refractivity contribution in [3.05, 3.63) is 89.9 Å². The van der Waals surface area contributed by atoms with E-state index in [1.807, 2.05) is 63.2 Å². The molecule has 1 aromatic heterocycles. The van der Waals surface area contributed by atoms with Crippen LogP contribution < -0.4 is 9.62 Å². The van der Waals surface area contributed by atoms with E-state index in [1.54, 1.807) is 22.6 Å². The highest BCUT2D eigenvalue weighted by Crippen LogP contribution is 2.31. The first kappa shape index (κ1) is 25.5. The lowest BCUT2D eigenvalue weighted by Gasteiger charge is -2.27. The lowest BCUT2D eigenvalue weighted by atomic mass is 9.99. The van der Waals surface area contributed by atoms with Gasteiger partial charge < -0.3 is 5.32 Å². The normalized spacial score (nSPS) is 15.2. The maximum Gasteiger partial charge on any atom is 0.258 e. The fourth-order valence-corrected chi connectivity index (χ4v) is 5.62. The molecule has 1 amide bonds. The number of amides is 1. The van der Waals surface area contributed by atoms with E-state index in [1.165, 1.54) is 12.1 Å². The van der Waals surface area contributed by atoms with Crippen LogP contribution in [0, 0.1) is 12.7 Å². The van der Waals surface area contributed by atoms with Gasteiger partial charge >= 0.3 is 0 Å². The van der Waals surface area contributed by atoms with Gasteiger partial charge in [0.2, 0.25) is 0 Å². The van der Waals surface area contributed by atoms with Gasteiger partial charge in [0.05, 0.1) is 16.9 Å². The Kier molecular flexibility index (Phi) is 8.10. The Labute approximate surface area is 214 Å². The molecular formula is C29H30FN3O2S. The summed E-state index contributed by atoms with van der Waals surface area (Å²) < 4.78 is 28.8. The van der Waals surface area contributed by atoms with E-state index >= 15 is 0 Å². The molecule has 1 aliphatic heterocycles. The third-order valence-corrected chi connectivity index (χ3v) is 7.61. The molecule has 1 fully saturated rings. The molecule has 186 valence electrons. The van der Waals surface area contributed by atoms with Gasteiger partial charge in [-0.25, -0.2) is 8.60 Å². The fraction of sp³-hybridized carbons (Fsp3) is 0.241. The van der Waals surface area contributed by atoms with E-state index < -0.39 is 22.7 Å². The van der Waals surface area contributed by atoms with Gasteiger partial charge in [-0.05, 0) is 67.1 Å². The highest BCUT2D eigenvalue weighted by atomic mass is 32.2. The van der Waals surface area contributed by atoms with Crippen LogP contribution in [-0.2, 0) is 11.0 Å². The Morgan fingerprint density at radius 1 is 1.03 bits per heavy atom. The molecule has 5 rings (SSSR count). The third kappa shape index (κ3) is 5.31. The van der Waals surface area contributed by atoms with Crippen molar-refractivity contribution < 1.29 is 13.4 Å². The first-order valence-electron chi connectivity index (χ1n) is 12.2. The number of rotatable bonds is 4. The van der Waals surface area contributed by atoms with Gasteiger partial charge in [-0.15, -0.1) is 0 Å². The van der Waals surface area contributed by atoms with E-state index in [0.29, 0.717) is 23.7 Å². The summed E-state index contributed by atoms with van der Waals surface area (Å²) in [5, 5.41) is 4.92. The predicted octanol–water partition coefficient (Wildman–Crippen LogP) is 6.89. The van der Waals surface area contributed by atoms with Gasteiger partial charge in [0, 0.05) is 35.1 Å². The lowest BCUT2D eigenvalue weighted by molar-refractivity contribution is 0.102. The zero-order chi connectivity index (χ0) is 25.7. The molecule has 7 heteroatoms. The number of benzene rings is 3. The summed E-state index contributed by atoms with van der Waals surface area (Å²) in [7, 11) is -1.16. The van der Waals surface area contributed by atoms with Crippen molar-refractivity contribution in [2.75, 3.05) is 21.9 Å². The third-order valence-electron chi connectivity index (χ3n) is 6.09. The number of nitrogens with zero attached hydrogens (tertiary/aromatic N) is 2. The van der Waals surface area contributed by atoms with E-state index in [9.17, 15) is 13.4 Å².